The van der Waals surface area contributed by atoms with Gasteiger partial charge in [0.15, 0.2) is 0 Å². The topological polar surface area (TPSA) is 44.9 Å². The molecule has 1 amide bonds. The van der Waals surface area contributed by atoms with Crippen LogP contribution in [-0.2, 0) is 5.41 Å². The molecule has 0 aliphatic rings. The first-order chi connectivity index (χ1) is 11.4. The second kappa shape index (κ2) is 6.40. The Balaban J connectivity index is 1.82. The molecule has 0 fully saturated rings. The van der Waals surface area contributed by atoms with Gasteiger partial charge in [0.1, 0.15) is 5.82 Å². The number of rotatable bonds is 4. The van der Waals surface area contributed by atoms with Gasteiger partial charge in [-0.2, -0.15) is 0 Å². The van der Waals surface area contributed by atoms with Crippen molar-refractivity contribution in [1.29, 1.82) is 0 Å². The Labute approximate surface area is 148 Å². The third-order valence-electron chi connectivity index (χ3n) is 4.18. The molecule has 2 aromatic carbocycles. The number of aromatic nitrogens is 1. The quantitative estimate of drug-likeness (QED) is 0.663. The molecule has 2 N–H and O–H groups in total. The fraction of sp³-hybridized carbons (Fsp3) is 0.211. The number of aromatic amines is 1. The molecule has 24 heavy (non-hydrogen) atoms. The van der Waals surface area contributed by atoms with Crippen LogP contribution >= 0.6 is 15.9 Å². The molecular weight excluding hydrogens is 371 g/mol. The number of benzene rings is 2. The van der Waals surface area contributed by atoms with E-state index in [2.05, 4.69) is 26.2 Å². The molecule has 1 aromatic heterocycles. The average molecular weight is 389 g/mol. The summed E-state index contributed by atoms with van der Waals surface area (Å²) in [6.07, 6.45) is 1.88. The lowest BCUT2D eigenvalue weighted by molar-refractivity contribution is 0.0945. The van der Waals surface area contributed by atoms with Crippen molar-refractivity contribution in [3.63, 3.8) is 0 Å². The van der Waals surface area contributed by atoms with E-state index in [4.69, 9.17) is 0 Å². The summed E-state index contributed by atoms with van der Waals surface area (Å²) >= 11 is 3.39. The van der Waals surface area contributed by atoms with Gasteiger partial charge >= 0.3 is 0 Å². The van der Waals surface area contributed by atoms with Crippen LogP contribution in [0, 0.1) is 5.82 Å². The standard InChI is InChI=1S/C19H18BrFN2O/c1-19(2,11-23-18(24)13-5-3-4-6-16(13)20)15-10-22-17-8-7-12(21)9-14(15)17/h3-10,22H,11H2,1-2H3,(H,23,24). The fourth-order valence-electron chi connectivity index (χ4n) is 2.79. The smallest absolute Gasteiger partial charge is 0.252 e. The van der Waals surface area contributed by atoms with Crippen molar-refractivity contribution in [3.8, 4) is 0 Å². The van der Waals surface area contributed by atoms with E-state index in [0.717, 1.165) is 20.9 Å². The summed E-state index contributed by atoms with van der Waals surface area (Å²) in [4.78, 5) is 15.6. The number of nitrogens with one attached hydrogen (secondary N) is 2. The van der Waals surface area contributed by atoms with Crippen molar-refractivity contribution in [2.24, 2.45) is 0 Å². The van der Waals surface area contributed by atoms with Crippen LogP contribution in [0.25, 0.3) is 10.9 Å². The van der Waals surface area contributed by atoms with Gasteiger partial charge in [0.2, 0.25) is 0 Å². The Morgan fingerprint density at radius 3 is 2.75 bits per heavy atom. The Hall–Kier alpha value is -2.14. The number of amides is 1. The first-order valence-electron chi connectivity index (χ1n) is 7.68. The first kappa shape index (κ1) is 16.7. The van der Waals surface area contributed by atoms with Crippen molar-refractivity contribution < 1.29 is 9.18 Å². The fourth-order valence-corrected chi connectivity index (χ4v) is 3.25. The van der Waals surface area contributed by atoms with Gasteiger partial charge in [-0.1, -0.05) is 26.0 Å². The van der Waals surface area contributed by atoms with E-state index >= 15 is 0 Å². The van der Waals surface area contributed by atoms with Crippen molar-refractivity contribution in [2.75, 3.05) is 6.54 Å². The second-order valence-electron chi connectivity index (χ2n) is 6.44. The van der Waals surface area contributed by atoms with Crippen LogP contribution < -0.4 is 5.32 Å². The largest absolute Gasteiger partial charge is 0.361 e. The van der Waals surface area contributed by atoms with Gasteiger partial charge in [0, 0.05) is 33.5 Å². The summed E-state index contributed by atoms with van der Waals surface area (Å²) in [5.41, 5.74) is 2.11. The number of halogens is 2. The molecule has 0 saturated heterocycles. The summed E-state index contributed by atoms with van der Waals surface area (Å²) in [7, 11) is 0. The number of H-pyrrole nitrogens is 1. The van der Waals surface area contributed by atoms with Crippen LogP contribution in [0.15, 0.2) is 53.1 Å². The van der Waals surface area contributed by atoms with Gasteiger partial charge in [-0.25, -0.2) is 4.39 Å². The highest BCUT2D eigenvalue weighted by atomic mass is 79.9. The molecule has 1 heterocycles. The van der Waals surface area contributed by atoms with Crippen LogP contribution in [-0.4, -0.2) is 17.4 Å². The maximum Gasteiger partial charge on any atom is 0.252 e. The number of carbonyl (C=O) groups excluding carboxylic acids is 1. The maximum atomic E-state index is 13.6. The molecule has 3 rings (SSSR count). The van der Waals surface area contributed by atoms with E-state index in [1.807, 2.05) is 38.2 Å². The summed E-state index contributed by atoms with van der Waals surface area (Å²) in [6.45, 7) is 4.50. The molecule has 0 spiro atoms. The average Bonchev–Trinajstić information content (AvgIpc) is 2.97. The van der Waals surface area contributed by atoms with Gasteiger partial charge in [0.25, 0.3) is 5.91 Å². The van der Waals surface area contributed by atoms with Crippen LogP contribution in [0.2, 0.25) is 0 Å². The number of hydrogen-bond acceptors (Lipinski definition) is 1. The molecule has 0 bridgehead atoms. The zero-order valence-corrected chi connectivity index (χ0v) is 15.1. The van der Waals surface area contributed by atoms with Crippen LogP contribution in [0.5, 0.6) is 0 Å². The molecule has 0 saturated carbocycles. The minimum Gasteiger partial charge on any atom is -0.361 e. The summed E-state index contributed by atoms with van der Waals surface area (Å²) < 4.78 is 14.3. The van der Waals surface area contributed by atoms with E-state index in [-0.39, 0.29) is 17.1 Å². The minimum absolute atomic E-state index is 0.137. The van der Waals surface area contributed by atoms with E-state index in [1.165, 1.54) is 12.1 Å². The normalized spacial score (nSPS) is 11.7. The highest BCUT2D eigenvalue weighted by molar-refractivity contribution is 9.10. The molecular formula is C19H18BrFN2O. The number of carbonyl (C=O) groups is 1. The molecule has 0 aliphatic heterocycles. The minimum atomic E-state index is -0.344. The molecule has 0 radical (unpaired) electrons. The SMILES string of the molecule is CC(C)(CNC(=O)c1ccccc1Br)c1c[nH]c2ccc(F)cc12. The van der Waals surface area contributed by atoms with E-state index in [0.29, 0.717) is 12.1 Å². The molecule has 0 aliphatic carbocycles. The zero-order chi connectivity index (χ0) is 17.3. The van der Waals surface area contributed by atoms with Gasteiger partial charge < -0.3 is 10.3 Å². The van der Waals surface area contributed by atoms with E-state index in [1.54, 1.807) is 12.1 Å². The van der Waals surface area contributed by atoms with Gasteiger partial charge in [-0.3, -0.25) is 4.79 Å². The molecule has 3 nitrogen and oxygen atoms in total. The van der Waals surface area contributed by atoms with Crippen LogP contribution in [0.4, 0.5) is 4.39 Å². The summed E-state index contributed by atoms with van der Waals surface area (Å²) in [6, 6.07) is 12.0. The first-order valence-corrected chi connectivity index (χ1v) is 8.47. The highest BCUT2D eigenvalue weighted by Gasteiger charge is 2.25. The van der Waals surface area contributed by atoms with Gasteiger partial charge in [0.05, 0.1) is 5.56 Å². The monoisotopic (exact) mass is 388 g/mol. The Morgan fingerprint density at radius 1 is 1.25 bits per heavy atom. The lowest BCUT2D eigenvalue weighted by atomic mass is 9.84. The van der Waals surface area contributed by atoms with E-state index < -0.39 is 0 Å². The number of fused-ring (bicyclic) bond motifs is 1. The predicted molar refractivity (Wildman–Crippen MR) is 97.8 cm³/mol. The molecule has 0 unspecified atom stereocenters. The maximum absolute atomic E-state index is 13.6. The van der Waals surface area contributed by atoms with Crippen molar-refractivity contribution in [3.05, 3.63) is 70.1 Å². The van der Waals surface area contributed by atoms with Crippen LogP contribution in [0.3, 0.4) is 0 Å². The molecule has 3 aromatic rings. The zero-order valence-electron chi connectivity index (χ0n) is 13.5. The molecule has 0 atom stereocenters. The Kier molecular flexibility index (Phi) is 4.45. The summed E-state index contributed by atoms with van der Waals surface area (Å²) in [5.74, 6) is -0.405. The van der Waals surface area contributed by atoms with Crippen LogP contribution in [0.1, 0.15) is 29.8 Å². The lowest BCUT2D eigenvalue weighted by Crippen LogP contribution is -2.36. The highest BCUT2D eigenvalue weighted by Crippen LogP contribution is 2.30. The Morgan fingerprint density at radius 2 is 2.00 bits per heavy atom. The third-order valence-corrected chi connectivity index (χ3v) is 4.87. The second-order valence-corrected chi connectivity index (χ2v) is 7.29. The molecule has 5 heteroatoms. The van der Waals surface area contributed by atoms with E-state index in [9.17, 15) is 9.18 Å². The Bertz CT molecular complexity index is 901. The van der Waals surface area contributed by atoms with Gasteiger partial charge in [-0.05, 0) is 51.8 Å². The molecule has 124 valence electrons. The van der Waals surface area contributed by atoms with Crippen molar-refractivity contribution >= 4 is 32.7 Å². The number of hydrogen-bond donors (Lipinski definition) is 2. The van der Waals surface area contributed by atoms with Gasteiger partial charge in [-0.15, -0.1) is 0 Å². The lowest BCUT2D eigenvalue weighted by Gasteiger charge is -2.25. The van der Waals surface area contributed by atoms with Crippen molar-refractivity contribution in [1.82, 2.24) is 10.3 Å². The third kappa shape index (κ3) is 3.22. The van der Waals surface area contributed by atoms with Crippen molar-refractivity contribution in [2.45, 2.75) is 19.3 Å². The predicted octanol–water partition coefficient (Wildman–Crippen LogP) is 4.78. The summed E-state index contributed by atoms with van der Waals surface area (Å²) in [5, 5.41) is 3.81.